The third-order valence-electron chi connectivity index (χ3n) is 7.76. The van der Waals surface area contributed by atoms with Crippen LogP contribution in [0.4, 0.5) is 0 Å². The Morgan fingerprint density at radius 1 is 0.421 bits per heavy atom. The molecule has 0 aromatic carbocycles. The Bertz CT molecular complexity index is 509. The van der Waals surface area contributed by atoms with E-state index in [1.165, 1.54) is 154 Å². The second-order valence-electron chi connectivity index (χ2n) is 11.7. The van der Waals surface area contributed by atoms with E-state index in [2.05, 4.69) is 31.2 Å². The molecule has 0 fully saturated rings. The van der Waals surface area contributed by atoms with Crippen molar-refractivity contribution in [3.63, 3.8) is 0 Å². The summed E-state index contributed by atoms with van der Waals surface area (Å²) < 4.78 is 0. The lowest BCUT2D eigenvalue weighted by Gasteiger charge is -2.03. The lowest BCUT2D eigenvalue weighted by molar-refractivity contribution is -0.119. The fraction of sp³-hybridized carbons (Fsp3) is 0.861. The SMILES string of the molecule is CCCCCCCC/C=C\CCCCCCCC(=O)CCCCCCCC/C=C\CCCCCCCC[NH-]. The number of Topliss-reactive ketones (excluding diaryl/α,β-unsaturated/α-hetero) is 1. The minimum atomic E-state index is 0.501. The van der Waals surface area contributed by atoms with Crippen LogP contribution >= 0.6 is 0 Å². The van der Waals surface area contributed by atoms with Crippen LogP contribution in [-0.4, -0.2) is 12.3 Å². The minimum Gasteiger partial charge on any atom is -0.677 e. The van der Waals surface area contributed by atoms with Gasteiger partial charge in [-0.1, -0.05) is 140 Å². The Kier molecular flexibility index (Phi) is 33.3. The van der Waals surface area contributed by atoms with Gasteiger partial charge in [-0.2, -0.15) is 6.54 Å². The van der Waals surface area contributed by atoms with Crippen molar-refractivity contribution < 1.29 is 4.79 Å². The summed E-state index contributed by atoms with van der Waals surface area (Å²) in [6, 6.07) is 0. The molecule has 0 radical (unpaired) electrons. The second kappa shape index (κ2) is 34.1. The van der Waals surface area contributed by atoms with Gasteiger partial charge in [0.15, 0.2) is 0 Å². The van der Waals surface area contributed by atoms with E-state index in [1.54, 1.807) is 0 Å². The zero-order chi connectivity index (χ0) is 27.6. The number of hydrogen-bond donors (Lipinski definition) is 0. The van der Waals surface area contributed by atoms with E-state index in [0.717, 1.165) is 32.1 Å². The van der Waals surface area contributed by atoms with Crippen molar-refractivity contribution in [1.29, 1.82) is 0 Å². The van der Waals surface area contributed by atoms with Crippen LogP contribution in [0.25, 0.3) is 5.73 Å². The van der Waals surface area contributed by atoms with Crippen LogP contribution in [-0.2, 0) is 4.79 Å². The smallest absolute Gasteiger partial charge is 0.132 e. The van der Waals surface area contributed by atoms with Gasteiger partial charge in [0.2, 0.25) is 0 Å². The van der Waals surface area contributed by atoms with Crippen molar-refractivity contribution in [2.24, 2.45) is 0 Å². The number of allylic oxidation sites excluding steroid dienone is 4. The maximum atomic E-state index is 12.1. The van der Waals surface area contributed by atoms with Crippen LogP contribution in [0.2, 0.25) is 0 Å². The van der Waals surface area contributed by atoms with E-state index < -0.39 is 0 Å². The van der Waals surface area contributed by atoms with Gasteiger partial charge in [-0.05, 0) is 64.2 Å². The Hall–Kier alpha value is -0.890. The van der Waals surface area contributed by atoms with Gasteiger partial charge >= 0.3 is 0 Å². The third-order valence-corrected chi connectivity index (χ3v) is 7.76. The summed E-state index contributed by atoms with van der Waals surface area (Å²) in [7, 11) is 0. The molecule has 0 atom stereocenters. The number of nitrogens with one attached hydrogen (secondary N) is 1. The van der Waals surface area contributed by atoms with Gasteiger partial charge in [-0.15, -0.1) is 0 Å². The lowest BCUT2D eigenvalue weighted by Crippen LogP contribution is -1.97. The zero-order valence-corrected chi connectivity index (χ0v) is 25.9. The Morgan fingerprint density at radius 2 is 0.711 bits per heavy atom. The summed E-state index contributed by atoms with van der Waals surface area (Å²) in [6.07, 6.45) is 46.0. The van der Waals surface area contributed by atoms with Gasteiger partial charge in [-0.3, -0.25) is 4.79 Å². The van der Waals surface area contributed by atoms with Gasteiger partial charge in [0.25, 0.3) is 0 Å². The molecule has 0 aliphatic heterocycles. The van der Waals surface area contributed by atoms with Crippen LogP contribution in [0.5, 0.6) is 0 Å². The van der Waals surface area contributed by atoms with Gasteiger partial charge < -0.3 is 5.73 Å². The molecule has 224 valence electrons. The monoisotopic (exact) mass is 531 g/mol. The second-order valence-corrected chi connectivity index (χ2v) is 11.7. The van der Waals surface area contributed by atoms with Crippen LogP contribution in [0.15, 0.2) is 24.3 Å². The fourth-order valence-electron chi connectivity index (χ4n) is 5.14. The Balaban J connectivity index is 3.23. The van der Waals surface area contributed by atoms with Crippen molar-refractivity contribution >= 4 is 5.78 Å². The molecule has 0 aromatic heterocycles. The molecule has 1 N–H and O–H groups in total. The quantitative estimate of drug-likeness (QED) is 0.0629. The topological polar surface area (TPSA) is 40.9 Å². The largest absolute Gasteiger partial charge is 0.677 e. The first-order valence-corrected chi connectivity index (χ1v) is 17.3. The number of hydrogen-bond acceptors (Lipinski definition) is 1. The first-order chi connectivity index (χ1) is 18.8. The number of carbonyl (C=O) groups excluding carboxylic acids is 1. The molecule has 0 bridgehead atoms. The van der Waals surface area contributed by atoms with E-state index in [1.807, 2.05) is 0 Å². The van der Waals surface area contributed by atoms with Crippen molar-refractivity contribution in [1.82, 2.24) is 0 Å². The van der Waals surface area contributed by atoms with E-state index in [-0.39, 0.29) is 0 Å². The molecule has 38 heavy (non-hydrogen) atoms. The van der Waals surface area contributed by atoms with Crippen molar-refractivity contribution in [3.05, 3.63) is 30.0 Å². The van der Waals surface area contributed by atoms with Gasteiger partial charge in [0, 0.05) is 12.8 Å². The molecule has 2 heteroatoms. The number of carbonyl (C=O) groups is 1. The molecular weight excluding hydrogens is 462 g/mol. The normalized spacial score (nSPS) is 11.8. The summed E-state index contributed by atoms with van der Waals surface area (Å²) in [6.45, 7) is 2.88. The average Bonchev–Trinajstić information content (AvgIpc) is 2.92. The van der Waals surface area contributed by atoms with E-state index in [0.29, 0.717) is 12.3 Å². The highest BCUT2D eigenvalue weighted by Gasteiger charge is 2.02. The molecule has 2 nitrogen and oxygen atoms in total. The first-order valence-electron chi connectivity index (χ1n) is 17.3. The van der Waals surface area contributed by atoms with E-state index in [4.69, 9.17) is 5.73 Å². The molecule has 0 rings (SSSR count). The summed E-state index contributed by atoms with van der Waals surface area (Å²) >= 11 is 0. The van der Waals surface area contributed by atoms with Crippen LogP contribution in [0.3, 0.4) is 0 Å². The molecule has 0 aromatic rings. The molecule has 0 amide bonds. The van der Waals surface area contributed by atoms with Crippen molar-refractivity contribution in [2.45, 2.75) is 193 Å². The molecule has 0 aliphatic rings. The van der Waals surface area contributed by atoms with Crippen LogP contribution < -0.4 is 0 Å². The van der Waals surface area contributed by atoms with E-state index >= 15 is 0 Å². The number of rotatable bonds is 32. The summed E-state index contributed by atoms with van der Waals surface area (Å²) in [5.74, 6) is 0.501. The average molecular weight is 531 g/mol. The number of ketones is 1. The minimum absolute atomic E-state index is 0.501. The van der Waals surface area contributed by atoms with Gasteiger partial charge in [0.05, 0.1) is 0 Å². The highest BCUT2D eigenvalue weighted by Crippen LogP contribution is 2.13. The predicted octanol–water partition coefficient (Wildman–Crippen LogP) is 13.1. The van der Waals surface area contributed by atoms with Gasteiger partial charge in [0.1, 0.15) is 5.78 Å². The summed E-state index contributed by atoms with van der Waals surface area (Å²) in [5, 5.41) is 0. The molecule has 0 spiro atoms. The van der Waals surface area contributed by atoms with Crippen LogP contribution in [0.1, 0.15) is 193 Å². The summed E-state index contributed by atoms with van der Waals surface area (Å²) in [5.41, 5.74) is 7.15. The lowest BCUT2D eigenvalue weighted by atomic mass is 10.0. The fourth-order valence-corrected chi connectivity index (χ4v) is 5.14. The van der Waals surface area contributed by atoms with Gasteiger partial charge in [-0.25, -0.2) is 0 Å². The predicted molar refractivity (Wildman–Crippen MR) is 172 cm³/mol. The van der Waals surface area contributed by atoms with Crippen molar-refractivity contribution in [3.8, 4) is 0 Å². The first kappa shape index (κ1) is 37.1. The van der Waals surface area contributed by atoms with Crippen molar-refractivity contribution in [2.75, 3.05) is 6.54 Å². The standard InChI is InChI=1S/C36H68NO/c1-2-3-4-5-6-7-8-9-12-15-18-21-24-27-30-33-36(38)34-31-28-25-22-19-16-13-10-11-14-17-20-23-26-29-32-35-37/h9-12,37H,2-8,13-35H2,1H3/q-1/b11-10-,12-9-. The zero-order valence-electron chi connectivity index (χ0n) is 25.9. The molecule has 0 unspecified atom stereocenters. The number of unbranched alkanes of at least 4 members (excludes halogenated alkanes) is 23. The molecule has 0 saturated heterocycles. The third kappa shape index (κ3) is 33.1. The molecular formula is C36H68NO-. The van der Waals surface area contributed by atoms with E-state index in [9.17, 15) is 4.79 Å². The molecule has 0 aliphatic carbocycles. The highest BCUT2D eigenvalue weighted by atomic mass is 16.1. The maximum Gasteiger partial charge on any atom is 0.132 e. The Morgan fingerprint density at radius 3 is 1.05 bits per heavy atom. The van der Waals surface area contributed by atoms with Crippen LogP contribution in [0, 0.1) is 0 Å². The maximum absolute atomic E-state index is 12.1. The molecule has 0 heterocycles. The molecule has 0 saturated carbocycles. The summed E-state index contributed by atoms with van der Waals surface area (Å²) in [4.78, 5) is 12.1. The highest BCUT2D eigenvalue weighted by molar-refractivity contribution is 5.78. The Labute approximate surface area is 240 Å².